The minimum Gasteiger partial charge on any atom is -0.496 e. The molecule has 166 valence electrons. The van der Waals surface area contributed by atoms with Gasteiger partial charge in [0.15, 0.2) is 0 Å². The summed E-state index contributed by atoms with van der Waals surface area (Å²) < 4.78 is 37.8. The second-order valence-electron chi connectivity index (χ2n) is 6.92. The summed E-state index contributed by atoms with van der Waals surface area (Å²) in [6.45, 7) is 0.863. The van der Waals surface area contributed by atoms with Gasteiger partial charge in [-0.05, 0) is 37.1 Å². The highest BCUT2D eigenvalue weighted by atomic mass is 32.2. The van der Waals surface area contributed by atoms with Gasteiger partial charge >= 0.3 is 0 Å². The van der Waals surface area contributed by atoms with E-state index in [0.717, 1.165) is 25.3 Å². The van der Waals surface area contributed by atoms with Crippen LogP contribution in [0.25, 0.3) is 0 Å². The number of ether oxygens (including phenoxy) is 2. The molecule has 10 nitrogen and oxygen atoms in total. The van der Waals surface area contributed by atoms with Gasteiger partial charge < -0.3 is 14.8 Å². The fourth-order valence-corrected chi connectivity index (χ4v) is 4.92. The van der Waals surface area contributed by atoms with Gasteiger partial charge in [0.05, 0.1) is 35.3 Å². The summed E-state index contributed by atoms with van der Waals surface area (Å²) in [7, 11) is -1.04. The highest BCUT2D eigenvalue weighted by Crippen LogP contribution is 2.31. The quantitative estimate of drug-likeness (QED) is 0.508. The largest absolute Gasteiger partial charge is 0.496 e. The number of piperidine rings is 1. The molecule has 1 N–H and O–H groups in total. The number of nitrogens with one attached hydrogen (secondary N) is 1. The zero-order valence-electron chi connectivity index (χ0n) is 17.2. The number of amides is 1. The molecule has 0 atom stereocenters. The Morgan fingerprint density at radius 3 is 2.29 bits per heavy atom. The molecule has 0 saturated carbocycles. The van der Waals surface area contributed by atoms with Gasteiger partial charge in [-0.2, -0.15) is 4.31 Å². The van der Waals surface area contributed by atoms with Gasteiger partial charge in [-0.1, -0.05) is 6.42 Å². The van der Waals surface area contributed by atoms with E-state index in [1.54, 1.807) is 0 Å². The van der Waals surface area contributed by atoms with Crippen molar-refractivity contribution in [3.8, 4) is 11.5 Å². The van der Waals surface area contributed by atoms with Crippen molar-refractivity contribution in [3.05, 3.63) is 52.1 Å². The van der Waals surface area contributed by atoms with Gasteiger partial charge in [0.25, 0.3) is 11.6 Å². The fraction of sp³-hybridized carbons (Fsp3) is 0.350. The van der Waals surface area contributed by atoms with E-state index in [1.165, 1.54) is 48.9 Å². The molecule has 3 rings (SSSR count). The SMILES string of the molecule is COc1ccc([N+](=O)[O-])cc1NC(=O)c1cc(S(=O)(=O)N2CCCCC2)ccc1OC. The number of nitro groups is 1. The third-order valence-electron chi connectivity index (χ3n) is 5.01. The Hall–Kier alpha value is -3.18. The highest BCUT2D eigenvalue weighted by Gasteiger charge is 2.28. The average Bonchev–Trinajstić information content (AvgIpc) is 2.79. The van der Waals surface area contributed by atoms with Gasteiger partial charge in [0, 0.05) is 25.2 Å². The Balaban J connectivity index is 1.96. The third-order valence-corrected chi connectivity index (χ3v) is 6.91. The first-order valence-corrected chi connectivity index (χ1v) is 11.0. The molecule has 2 aromatic carbocycles. The number of hydrogen-bond donors (Lipinski definition) is 1. The Morgan fingerprint density at radius 1 is 1.03 bits per heavy atom. The van der Waals surface area contributed by atoms with E-state index in [-0.39, 0.29) is 33.3 Å². The van der Waals surface area contributed by atoms with Gasteiger partial charge in [0.2, 0.25) is 10.0 Å². The molecule has 0 aromatic heterocycles. The van der Waals surface area contributed by atoms with Crippen LogP contribution in [0.3, 0.4) is 0 Å². The molecule has 0 spiro atoms. The summed E-state index contributed by atoms with van der Waals surface area (Å²) in [4.78, 5) is 23.4. The molecular weight excluding hydrogens is 426 g/mol. The van der Waals surface area contributed by atoms with Gasteiger partial charge in [0.1, 0.15) is 11.5 Å². The van der Waals surface area contributed by atoms with Crippen molar-refractivity contribution in [2.24, 2.45) is 0 Å². The number of carbonyl (C=O) groups excluding carboxylic acids is 1. The van der Waals surface area contributed by atoms with E-state index in [9.17, 15) is 23.3 Å². The molecule has 0 radical (unpaired) electrons. The number of benzene rings is 2. The van der Waals surface area contributed by atoms with Crippen LogP contribution >= 0.6 is 0 Å². The second-order valence-corrected chi connectivity index (χ2v) is 8.86. The predicted octanol–water partition coefficient (Wildman–Crippen LogP) is 3.04. The lowest BCUT2D eigenvalue weighted by molar-refractivity contribution is -0.384. The standard InChI is InChI=1S/C20H23N3O7S/c1-29-18-9-7-15(31(27,28)22-10-4-3-5-11-22)13-16(18)20(24)21-17-12-14(23(25)26)6-8-19(17)30-2/h6-9,12-13H,3-5,10-11H2,1-2H3,(H,21,24). The summed E-state index contributed by atoms with van der Waals surface area (Å²) >= 11 is 0. The summed E-state index contributed by atoms with van der Waals surface area (Å²) in [6.07, 6.45) is 2.55. The first-order chi connectivity index (χ1) is 14.8. The highest BCUT2D eigenvalue weighted by molar-refractivity contribution is 7.89. The number of sulfonamides is 1. The van der Waals surface area contributed by atoms with E-state index >= 15 is 0 Å². The number of anilines is 1. The molecule has 0 bridgehead atoms. The number of non-ortho nitro benzene ring substituents is 1. The van der Waals surface area contributed by atoms with Gasteiger partial charge in [-0.15, -0.1) is 0 Å². The van der Waals surface area contributed by atoms with Crippen molar-refractivity contribution in [1.82, 2.24) is 4.31 Å². The van der Waals surface area contributed by atoms with Crippen molar-refractivity contribution in [2.75, 3.05) is 32.6 Å². The number of nitro benzene ring substituents is 1. The van der Waals surface area contributed by atoms with Gasteiger partial charge in [-0.25, -0.2) is 8.42 Å². The third kappa shape index (κ3) is 4.78. The molecular formula is C20H23N3O7S. The van der Waals surface area contributed by atoms with Crippen LogP contribution < -0.4 is 14.8 Å². The maximum Gasteiger partial charge on any atom is 0.271 e. The van der Waals surface area contributed by atoms with E-state index in [4.69, 9.17) is 9.47 Å². The molecule has 1 aliphatic heterocycles. The summed E-state index contributed by atoms with van der Waals surface area (Å²) in [5, 5.41) is 13.6. The smallest absolute Gasteiger partial charge is 0.271 e. The summed E-state index contributed by atoms with van der Waals surface area (Å²) in [6, 6.07) is 7.84. The van der Waals surface area contributed by atoms with Crippen molar-refractivity contribution < 1.29 is 27.6 Å². The molecule has 1 amide bonds. The Labute approximate surface area is 180 Å². The van der Waals surface area contributed by atoms with Crippen LogP contribution in [-0.4, -0.2) is 50.9 Å². The first-order valence-electron chi connectivity index (χ1n) is 9.60. The maximum atomic E-state index is 13.0. The lowest BCUT2D eigenvalue weighted by Gasteiger charge is -2.26. The number of hydrogen-bond acceptors (Lipinski definition) is 7. The van der Waals surface area contributed by atoms with Crippen molar-refractivity contribution >= 4 is 27.3 Å². The minimum absolute atomic E-state index is 0.0193. The summed E-state index contributed by atoms with van der Waals surface area (Å²) in [5.41, 5.74) is -0.174. The topological polar surface area (TPSA) is 128 Å². The Kier molecular flexibility index (Phi) is 6.76. The lowest BCUT2D eigenvalue weighted by atomic mass is 10.1. The van der Waals surface area contributed by atoms with Crippen LogP contribution in [0.15, 0.2) is 41.3 Å². The van der Waals surface area contributed by atoms with E-state index < -0.39 is 20.9 Å². The maximum absolute atomic E-state index is 13.0. The predicted molar refractivity (Wildman–Crippen MR) is 113 cm³/mol. The van der Waals surface area contributed by atoms with Crippen LogP contribution in [0.4, 0.5) is 11.4 Å². The molecule has 1 saturated heterocycles. The molecule has 31 heavy (non-hydrogen) atoms. The van der Waals surface area contributed by atoms with Crippen molar-refractivity contribution in [2.45, 2.75) is 24.2 Å². The van der Waals surface area contributed by atoms with E-state index in [1.807, 2.05) is 0 Å². The normalized spacial score (nSPS) is 14.6. The van der Waals surface area contributed by atoms with E-state index in [0.29, 0.717) is 13.1 Å². The van der Waals surface area contributed by atoms with Gasteiger partial charge in [-0.3, -0.25) is 14.9 Å². The molecule has 0 aliphatic carbocycles. The number of methoxy groups -OCH3 is 2. The molecule has 2 aromatic rings. The van der Waals surface area contributed by atoms with Crippen molar-refractivity contribution in [3.63, 3.8) is 0 Å². The average molecular weight is 449 g/mol. The summed E-state index contributed by atoms with van der Waals surface area (Å²) in [5.74, 6) is -0.305. The molecule has 0 unspecified atom stereocenters. The molecule has 11 heteroatoms. The number of nitrogens with zero attached hydrogens (tertiary/aromatic N) is 2. The number of rotatable bonds is 7. The number of carbonyl (C=O) groups is 1. The van der Waals surface area contributed by atoms with Crippen LogP contribution in [0.5, 0.6) is 11.5 Å². The van der Waals surface area contributed by atoms with E-state index in [2.05, 4.69) is 5.32 Å². The lowest BCUT2D eigenvalue weighted by Crippen LogP contribution is -2.35. The van der Waals surface area contributed by atoms with Crippen molar-refractivity contribution in [1.29, 1.82) is 0 Å². The van der Waals surface area contributed by atoms with Crippen LogP contribution in [0.2, 0.25) is 0 Å². The first kappa shape index (κ1) is 22.5. The Morgan fingerprint density at radius 2 is 1.68 bits per heavy atom. The fourth-order valence-electron chi connectivity index (χ4n) is 3.38. The van der Waals surface area contributed by atoms with Crippen LogP contribution in [-0.2, 0) is 10.0 Å². The van der Waals surface area contributed by atoms with Crippen LogP contribution in [0.1, 0.15) is 29.6 Å². The Bertz CT molecular complexity index is 1100. The molecule has 1 heterocycles. The minimum atomic E-state index is -3.76. The van der Waals surface area contributed by atoms with Crippen LogP contribution in [0, 0.1) is 10.1 Å². The zero-order chi connectivity index (χ0) is 22.6. The molecule has 1 fully saturated rings. The second kappa shape index (κ2) is 9.31. The zero-order valence-corrected chi connectivity index (χ0v) is 18.0. The monoisotopic (exact) mass is 449 g/mol. The molecule has 1 aliphatic rings.